The number of likely N-dealkylation sites (tertiary alicyclic amines) is 1. The van der Waals surface area contributed by atoms with E-state index >= 15 is 0 Å². The largest absolute Gasteiger partial charge is 0.481 e. The number of carboxylic acids is 1. The number of benzene rings is 1. The van der Waals surface area contributed by atoms with Crippen molar-refractivity contribution in [2.75, 3.05) is 44.2 Å². The van der Waals surface area contributed by atoms with Crippen LogP contribution in [0.4, 0.5) is 10.1 Å². The van der Waals surface area contributed by atoms with Gasteiger partial charge in [-0.15, -0.1) is 0 Å². The molecule has 31 heavy (non-hydrogen) atoms. The average molecular weight is 427 g/mol. The summed E-state index contributed by atoms with van der Waals surface area (Å²) in [6.45, 7) is 6.14. The highest BCUT2D eigenvalue weighted by Crippen LogP contribution is 2.29. The van der Waals surface area contributed by atoms with Crippen LogP contribution in [0.3, 0.4) is 0 Å². The lowest BCUT2D eigenvalue weighted by Gasteiger charge is -2.47. The molecule has 0 unspecified atom stereocenters. The van der Waals surface area contributed by atoms with Gasteiger partial charge in [0.15, 0.2) is 0 Å². The summed E-state index contributed by atoms with van der Waals surface area (Å²) >= 11 is 0. The Kier molecular flexibility index (Phi) is 7.14. The van der Waals surface area contributed by atoms with Gasteiger partial charge in [-0.1, -0.05) is 12.1 Å². The first-order valence-electron chi connectivity index (χ1n) is 11.2. The molecule has 7 heteroatoms. The summed E-state index contributed by atoms with van der Waals surface area (Å²) in [5, 5.41) is 9.25. The van der Waals surface area contributed by atoms with Gasteiger partial charge in [0.1, 0.15) is 5.82 Å². The van der Waals surface area contributed by atoms with Crippen molar-refractivity contribution in [1.82, 2.24) is 14.8 Å². The van der Waals surface area contributed by atoms with Crippen LogP contribution >= 0.6 is 0 Å². The lowest BCUT2D eigenvalue weighted by Crippen LogP contribution is -2.56. The van der Waals surface area contributed by atoms with Crippen LogP contribution in [0.15, 0.2) is 48.8 Å². The molecule has 0 saturated carbocycles. The Morgan fingerprint density at radius 3 is 2.52 bits per heavy atom. The molecule has 2 fully saturated rings. The maximum atomic E-state index is 14.2. The quantitative estimate of drug-likeness (QED) is 0.734. The Labute approximate surface area is 183 Å². The Hall–Kier alpha value is -2.51. The number of piperidine rings is 1. The molecule has 1 N–H and O–H groups in total. The topological polar surface area (TPSA) is 59.9 Å². The van der Waals surface area contributed by atoms with E-state index in [0.717, 1.165) is 52.2 Å². The number of aromatic nitrogens is 1. The highest BCUT2D eigenvalue weighted by atomic mass is 19.1. The first-order valence-corrected chi connectivity index (χ1v) is 11.2. The number of nitrogens with zero attached hydrogens (tertiary/aromatic N) is 4. The number of aliphatic carboxylic acids is 1. The predicted molar refractivity (Wildman–Crippen MR) is 118 cm³/mol. The summed E-state index contributed by atoms with van der Waals surface area (Å²) in [6, 6.07) is 11.4. The van der Waals surface area contributed by atoms with Gasteiger partial charge in [-0.2, -0.15) is 0 Å². The number of rotatable bonds is 7. The molecule has 0 amide bonds. The molecule has 0 bridgehead atoms. The maximum Gasteiger partial charge on any atom is 0.303 e. The SMILES string of the molecule is O=C(O)CC[C@H]1CN(Cc2ccncc2)CC[C@H]1N1CCN(c2ccccc2F)CC1. The van der Waals surface area contributed by atoms with E-state index in [0.29, 0.717) is 24.1 Å². The van der Waals surface area contributed by atoms with Crippen LogP contribution in [0.1, 0.15) is 24.8 Å². The van der Waals surface area contributed by atoms with E-state index in [4.69, 9.17) is 0 Å². The Morgan fingerprint density at radius 1 is 1.06 bits per heavy atom. The van der Waals surface area contributed by atoms with Gasteiger partial charge in [-0.05, 0) is 55.1 Å². The van der Waals surface area contributed by atoms with E-state index in [1.807, 2.05) is 36.7 Å². The van der Waals surface area contributed by atoms with E-state index in [1.54, 1.807) is 6.07 Å². The summed E-state index contributed by atoms with van der Waals surface area (Å²) in [7, 11) is 0. The highest BCUT2D eigenvalue weighted by Gasteiger charge is 2.35. The monoisotopic (exact) mass is 426 g/mol. The number of para-hydroxylation sites is 1. The minimum absolute atomic E-state index is 0.167. The lowest BCUT2D eigenvalue weighted by molar-refractivity contribution is -0.137. The summed E-state index contributed by atoms with van der Waals surface area (Å²) in [5.74, 6) is -0.569. The number of hydrogen-bond donors (Lipinski definition) is 1. The third-order valence-corrected chi connectivity index (χ3v) is 6.64. The third-order valence-electron chi connectivity index (χ3n) is 6.64. The number of halogens is 1. The Bertz CT molecular complexity index is 858. The fourth-order valence-corrected chi connectivity index (χ4v) is 5.06. The normalized spacial score (nSPS) is 23.1. The maximum absolute atomic E-state index is 14.2. The van der Waals surface area contributed by atoms with Crippen molar-refractivity contribution in [2.45, 2.75) is 31.8 Å². The smallest absolute Gasteiger partial charge is 0.303 e. The molecule has 2 saturated heterocycles. The molecule has 1 aromatic heterocycles. The van der Waals surface area contributed by atoms with E-state index in [2.05, 4.69) is 19.7 Å². The van der Waals surface area contributed by atoms with Gasteiger partial charge in [0.25, 0.3) is 0 Å². The van der Waals surface area contributed by atoms with Crippen LogP contribution in [-0.4, -0.2) is 71.2 Å². The molecular formula is C24H31FN4O2. The first kappa shape index (κ1) is 21.7. The number of carboxylic acid groups (broad SMARTS) is 1. The van der Waals surface area contributed by atoms with E-state index in [9.17, 15) is 14.3 Å². The number of pyridine rings is 1. The predicted octanol–water partition coefficient (Wildman–Crippen LogP) is 3.10. The fraction of sp³-hybridized carbons (Fsp3) is 0.500. The number of carbonyl (C=O) groups is 1. The van der Waals surface area contributed by atoms with Gasteiger partial charge in [-0.25, -0.2) is 4.39 Å². The zero-order chi connectivity index (χ0) is 21.6. The summed E-state index contributed by atoms with van der Waals surface area (Å²) in [5.41, 5.74) is 1.92. The highest BCUT2D eigenvalue weighted by molar-refractivity contribution is 5.66. The molecule has 0 spiro atoms. The second kappa shape index (κ2) is 10.2. The number of anilines is 1. The van der Waals surface area contributed by atoms with Crippen molar-refractivity contribution in [3.8, 4) is 0 Å². The standard InChI is InChI=1S/C24H31FN4O2/c25-21-3-1-2-4-23(21)29-15-13-28(14-16-29)22-9-12-27(17-19-7-10-26-11-8-19)18-20(22)5-6-24(30)31/h1-4,7-8,10-11,20,22H,5-6,9,12-18H2,(H,30,31)/t20-,22+/m0/s1. The molecule has 2 atom stereocenters. The van der Waals surface area contributed by atoms with Crippen LogP contribution < -0.4 is 4.90 Å². The molecular weight excluding hydrogens is 395 g/mol. The van der Waals surface area contributed by atoms with E-state index in [-0.39, 0.29) is 12.2 Å². The average Bonchev–Trinajstić information content (AvgIpc) is 2.79. The molecule has 1 aromatic carbocycles. The second-order valence-electron chi connectivity index (χ2n) is 8.61. The van der Waals surface area contributed by atoms with Crippen molar-refractivity contribution in [2.24, 2.45) is 5.92 Å². The van der Waals surface area contributed by atoms with Crippen LogP contribution in [0, 0.1) is 11.7 Å². The van der Waals surface area contributed by atoms with Crippen molar-refractivity contribution >= 4 is 11.7 Å². The van der Waals surface area contributed by atoms with Crippen LogP contribution in [0.25, 0.3) is 0 Å². The van der Waals surface area contributed by atoms with Gasteiger partial charge in [0.2, 0.25) is 0 Å². The first-order chi connectivity index (χ1) is 15.1. The molecule has 3 heterocycles. The van der Waals surface area contributed by atoms with Crippen molar-refractivity contribution < 1.29 is 14.3 Å². The zero-order valence-electron chi connectivity index (χ0n) is 17.9. The molecule has 4 rings (SSSR count). The van der Waals surface area contributed by atoms with Gasteiger partial charge < -0.3 is 10.0 Å². The molecule has 0 aliphatic carbocycles. The summed E-state index contributed by atoms with van der Waals surface area (Å²) < 4.78 is 14.2. The molecule has 2 aliphatic heterocycles. The molecule has 0 radical (unpaired) electrons. The molecule has 6 nitrogen and oxygen atoms in total. The van der Waals surface area contributed by atoms with Gasteiger partial charge in [0.05, 0.1) is 5.69 Å². The van der Waals surface area contributed by atoms with E-state index < -0.39 is 5.97 Å². The van der Waals surface area contributed by atoms with Crippen LogP contribution in [0.2, 0.25) is 0 Å². The fourth-order valence-electron chi connectivity index (χ4n) is 5.06. The summed E-state index contributed by atoms with van der Waals surface area (Å²) in [4.78, 5) is 22.4. The summed E-state index contributed by atoms with van der Waals surface area (Å²) in [6.07, 6.45) is 5.58. The van der Waals surface area contributed by atoms with Gasteiger partial charge in [-0.3, -0.25) is 19.6 Å². The minimum atomic E-state index is -0.727. The second-order valence-corrected chi connectivity index (χ2v) is 8.61. The Morgan fingerprint density at radius 2 is 1.81 bits per heavy atom. The van der Waals surface area contributed by atoms with Gasteiger partial charge in [0, 0.05) is 64.1 Å². The van der Waals surface area contributed by atoms with Crippen molar-refractivity contribution in [1.29, 1.82) is 0 Å². The lowest BCUT2D eigenvalue weighted by atomic mass is 9.86. The van der Waals surface area contributed by atoms with Crippen LogP contribution in [0.5, 0.6) is 0 Å². The third kappa shape index (κ3) is 5.60. The van der Waals surface area contributed by atoms with Gasteiger partial charge >= 0.3 is 5.97 Å². The zero-order valence-corrected chi connectivity index (χ0v) is 17.9. The minimum Gasteiger partial charge on any atom is -0.481 e. The molecule has 2 aliphatic rings. The van der Waals surface area contributed by atoms with Crippen molar-refractivity contribution in [3.63, 3.8) is 0 Å². The molecule has 2 aromatic rings. The van der Waals surface area contributed by atoms with Crippen LogP contribution in [-0.2, 0) is 11.3 Å². The van der Waals surface area contributed by atoms with Crippen molar-refractivity contribution in [3.05, 3.63) is 60.2 Å². The number of piperazine rings is 1. The Balaban J connectivity index is 1.38. The molecule has 166 valence electrons. The number of hydrogen-bond acceptors (Lipinski definition) is 5. The van der Waals surface area contributed by atoms with E-state index in [1.165, 1.54) is 11.6 Å².